The molecule has 1 aliphatic heterocycles. The Morgan fingerprint density at radius 1 is 1.62 bits per heavy atom. The van der Waals surface area contributed by atoms with Crippen molar-refractivity contribution in [3.05, 3.63) is 0 Å². The van der Waals surface area contributed by atoms with E-state index in [4.69, 9.17) is 9.29 Å². The maximum Gasteiger partial charge on any atom is 0.449 e. The van der Waals surface area contributed by atoms with Gasteiger partial charge >= 0.3 is 16.4 Å². The third-order valence-corrected chi connectivity index (χ3v) is 1.77. The molecule has 0 radical (unpaired) electrons. The first-order valence-electron chi connectivity index (χ1n) is 3.51. The van der Waals surface area contributed by atoms with Gasteiger partial charge in [0.15, 0.2) is 0 Å². The van der Waals surface area contributed by atoms with Crippen LogP contribution in [0.25, 0.3) is 0 Å². The second-order valence-electron chi connectivity index (χ2n) is 2.41. The van der Waals surface area contributed by atoms with Crippen LogP contribution in [0.3, 0.4) is 0 Å². The Balaban J connectivity index is 2.47. The van der Waals surface area contributed by atoms with Crippen molar-refractivity contribution >= 4 is 16.4 Å². The van der Waals surface area contributed by atoms with E-state index in [0.29, 0.717) is 13.2 Å². The van der Waals surface area contributed by atoms with Crippen molar-refractivity contribution < 1.29 is 26.7 Å². The zero-order valence-electron chi connectivity index (χ0n) is 6.60. The summed E-state index contributed by atoms with van der Waals surface area (Å²) in [6.45, 7) is 0.926. The molecule has 7 nitrogen and oxygen atoms in total. The number of rotatable bonds is 2. The molecule has 0 amide bonds. The monoisotopic (exact) mass is 211 g/mol. The summed E-state index contributed by atoms with van der Waals surface area (Å²) in [6.07, 6.45) is 0. The Morgan fingerprint density at radius 3 is 2.77 bits per heavy atom. The van der Waals surface area contributed by atoms with Crippen LogP contribution >= 0.6 is 0 Å². The summed E-state index contributed by atoms with van der Waals surface area (Å²) < 4.78 is 37.0. The minimum absolute atomic E-state index is 0.0361. The van der Waals surface area contributed by atoms with Crippen molar-refractivity contribution in [2.45, 2.75) is 6.04 Å². The molecule has 0 bridgehead atoms. The molecule has 1 rings (SSSR count). The Kier molecular flexibility index (Phi) is 3.20. The number of hydrogen-bond acceptors (Lipinski definition) is 6. The molecule has 1 fully saturated rings. The number of nitrogens with one attached hydrogen (secondary N) is 1. The second kappa shape index (κ2) is 4.01. The molecule has 0 aliphatic carbocycles. The summed E-state index contributed by atoms with van der Waals surface area (Å²) in [5.74, 6) is -1.07. The first-order valence-corrected chi connectivity index (χ1v) is 4.87. The summed E-state index contributed by atoms with van der Waals surface area (Å²) in [7, 11) is -4.72. The first-order chi connectivity index (χ1) is 5.99. The molecule has 0 aromatic carbocycles. The van der Waals surface area contributed by atoms with Gasteiger partial charge in [-0.2, -0.15) is 8.42 Å². The van der Waals surface area contributed by atoms with Crippen molar-refractivity contribution in [3.8, 4) is 0 Å². The fraction of sp³-hybridized carbons (Fsp3) is 0.800. The minimum Gasteiger partial charge on any atom is -0.378 e. The third-order valence-electron chi connectivity index (χ3n) is 1.39. The van der Waals surface area contributed by atoms with Crippen LogP contribution in [-0.2, 0) is 24.1 Å². The molecule has 1 heterocycles. The van der Waals surface area contributed by atoms with Crippen LogP contribution in [0.1, 0.15) is 0 Å². The quantitative estimate of drug-likeness (QED) is 0.526. The zero-order valence-corrected chi connectivity index (χ0v) is 7.41. The molecular weight excluding hydrogens is 202 g/mol. The van der Waals surface area contributed by atoms with Gasteiger partial charge < -0.3 is 14.2 Å². The predicted molar refractivity (Wildman–Crippen MR) is 40.3 cm³/mol. The summed E-state index contributed by atoms with van der Waals surface area (Å²) in [6, 6.07) is -0.837. The highest BCUT2D eigenvalue weighted by Crippen LogP contribution is 1.98. The van der Waals surface area contributed by atoms with E-state index < -0.39 is 22.4 Å². The SMILES string of the molecule is O=C(OS(=O)(=O)O)C1COCCN1. The van der Waals surface area contributed by atoms with E-state index in [-0.39, 0.29) is 6.61 Å². The van der Waals surface area contributed by atoms with Gasteiger partial charge in [0.05, 0.1) is 13.2 Å². The molecule has 0 spiro atoms. The van der Waals surface area contributed by atoms with E-state index in [1.165, 1.54) is 0 Å². The number of carbonyl (C=O) groups excluding carboxylic acids is 1. The summed E-state index contributed by atoms with van der Waals surface area (Å²) in [5, 5.41) is 2.67. The van der Waals surface area contributed by atoms with Crippen LogP contribution < -0.4 is 5.32 Å². The normalized spacial score (nSPS) is 23.9. The lowest BCUT2D eigenvalue weighted by Gasteiger charge is -2.20. The second-order valence-corrected chi connectivity index (χ2v) is 3.43. The van der Waals surface area contributed by atoms with E-state index >= 15 is 0 Å². The van der Waals surface area contributed by atoms with Gasteiger partial charge in [0.1, 0.15) is 6.04 Å². The minimum atomic E-state index is -4.72. The Hall–Kier alpha value is -0.700. The van der Waals surface area contributed by atoms with Gasteiger partial charge in [-0.25, -0.2) is 4.79 Å². The molecule has 1 unspecified atom stereocenters. The van der Waals surface area contributed by atoms with Crippen molar-refractivity contribution in [2.24, 2.45) is 0 Å². The van der Waals surface area contributed by atoms with Crippen LogP contribution in [0.5, 0.6) is 0 Å². The van der Waals surface area contributed by atoms with Gasteiger partial charge in [0, 0.05) is 6.54 Å². The summed E-state index contributed by atoms with van der Waals surface area (Å²) >= 11 is 0. The maximum atomic E-state index is 10.9. The molecule has 1 atom stereocenters. The average molecular weight is 211 g/mol. The lowest BCUT2D eigenvalue weighted by Crippen LogP contribution is -2.47. The third kappa shape index (κ3) is 3.68. The van der Waals surface area contributed by atoms with Crippen molar-refractivity contribution in [1.82, 2.24) is 5.32 Å². The highest BCUT2D eigenvalue weighted by Gasteiger charge is 2.26. The van der Waals surface area contributed by atoms with Crippen molar-refractivity contribution in [2.75, 3.05) is 19.8 Å². The Labute approximate surface area is 75.0 Å². The van der Waals surface area contributed by atoms with Crippen LogP contribution in [0.4, 0.5) is 0 Å². The molecule has 0 aromatic heterocycles. The van der Waals surface area contributed by atoms with Gasteiger partial charge in [-0.05, 0) is 0 Å². The lowest BCUT2D eigenvalue weighted by molar-refractivity contribution is -0.139. The average Bonchev–Trinajstić information content (AvgIpc) is 2.03. The molecule has 0 aromatic rings. The van der Waals surface area contributed by atoms with Crippen LogP contribution in [-0.4, -0.2) is 44.7 Å². The zero-order chi connectivity index (χ0) is 9.90. The van der Waals surface area contributed by atoms with Crippen molar-refractivity contribution in [1.29, 1.82) is 0 Å². The van der Waals surface area contributed by atoms with E-state index in [1.54, 1.807) is 0 Å². The number of carbonyl (C=O) groups is 1. The van der Waals surface area contributed by atoms with Crippen molar-refractivity contribution in [3.63, 3.8) is 0 Å². The standard InChI is InChI=1S/C5H9NO6S/c7-5(12-13(8,9)10)4-3-11-2-1-6-4/h4,6H,1-3H2,(H,8,9,10). The first kappa shape index (κ1) is 10.4. The van der Waals surface area contributed by atoms with E-state index in [2.05, 4.69) is 9.50 Å². The number of hydrogen-bond donors (Lipinski definition) is 2. The Morgan fingerprint density at radius 2 is 2.31 bits per heavy atom. The van der Waals surface area contributed by atoms with Crippen LogP contribution in [0.2, 0.25) is 0 Å². The molecule has 1 aliphatic rings. The van der Waals surface area contributed by atoms with Gasteiger partial charge in [-0.1, -0.05) is 0 Å². The fourth-order valence-electron chi connectivity index (χ4n) is 0.879. The van der Waals surface area contributed by atoms with Crippen LogP contribution in [0, 0.1) is 0 Å². The van der Waals surface area contributed by atoms with E-state index in [0.717, 1.165) is 0 Å². The lowest BCUT2D eigenvalue weighted by atomic mass is 10.3. The molecule has 8 heteroatoms. The van der Waals surface area contributed by atoms with Gasteiger partial charge in [-0.15, -0.1) is 0 Å². The molecule has 0 saturated carbocycles. The van der Waals surface area contributed by atoms with E-state index in [9.17, 15) is 13.2 Å². The Bertz CT molecular complexity index is 279. The molecular formula is C5H9NO6S. The fourth-order valence-corrected chi connectivity index (χ4v) is 1.20. The molecule has 13 heavy (non-hydrogen) atoms. The largest absolute Gasteiger partial charge is 0.449 e. The summed E-state index contributed by atoms with van der Waals surface area (Å²) in [4.78, 5) is 10.9. The van der Waals surface area contributed by atoms with Gasteiger partial charge in [-0.3, -0.25) is 4.55 Å². The molecule has 1 saturated heterocycles. The van der Waals surface area contributed by atoms with Crippen LogP contribution in [0.15, 0.2) is 0 Å². The number of morpholine rings is 1. The topological polar surface area (TPSA) is 102 Å². The molecule has 76 valence electrons. The highest BCUT2D eigenvalue weighted by atomic mass is 32.3. The van der Waals surface area contributed by atoms with Gasteiger partial charge in [0.2, 0.25) is 0 Å². The number of ether oxygens (including phenoxy) is 1. The van der Waals surface area contributed by atoms with E-state index in [1.807, 2.05) is 0 Å². The maximum absolute atomic E-state index is 10.9. The highest BCUT2D eigenvalue weighted by molar-refractivity contribution is 7.81. The molecule has 2 N–H and O–H groups in total. The summed E-state index contributed by atoms with van der Waals surface area (Å²) in [5.41, 5.74) is 0. The van der Waals surface area contributed by atoms with Gasteiger partial charge in [0.25, 0.3) is 0 Å². The smallest absolute Gasteiger partial charge is 0.378 e. The predicted octanol–water partition coefficient (Wildman–Crippen LogP) is -1.68.